The van der Waals surface area contributed by atoms with Gasteiger partial charge in [0, 0.05) is 12.4 Å². The summed E-state index contributed by atoms with van der Waals surface area (Å²) in [6.07, 6.45) is 0. The lowest BCUT2D eigenvalue weighted by atomic mass is 10.1. The summed E-state index contributed by atoms with van der Waals surface area (Å²) in [4.78, 5) is 11.5. The molecule has 0 aliphatic rings. The van der Waals surface area contributed by atoms with Crippen molar-refractivity contribution in [1.29, 1.82) is 0 Å². The van der Waals surface area contributed by atoms with E-state index in [-0.39, 0.29) is 5.56 Å². The topological polar surface area (TPSA) is 22.0 Å². The van der Waals surface area contributed by atoms with Crippen LogP contribution >= 0.6 is 11.5 Å². The molecule has 0 atom stereocenters. The average Bonchev–Trinajstić information content (AvgIpc) is 2.49. The van der Waals surface area contributed by atoms with Gasteiger partial charge in [0.25, 0.3) is 5.56 Å². The molecule has 0 fully saturated rings. The van der Waals surface area contributed by atoms with Gasteiger partial charge in [0.1, 0.15) is 0 Å². The van der Waals surface area contributed by atoms with Gasteiger partial charge in [0.15, 0.2) is 0 Å². The smallest absolute Gasteiger partial charge is 0.268 e. The summed E-state index contributed by atoms with van der Waals surface area (Å²) in [7, 11) is 1.78. The first kappa shape index (κ1) is 8.26. The molecule has 1 aromatic heterocycles. The molecule has 0 N–H and O–H groups in total. The third-order valence-corrected chi connectivity index (χ3v) is 2.75. The molecule has 1 heterocycles. The van der Waals surface area contributed by atoms with Gasteiger partial charge in [-0.05, 0) is 5.56 Å². The molecule has 0 saturated carbocycles. The van der Waals surface area contributed by atoms with E-state index in [1.54, 1.807) is 11.0 Å². The summed E-state index contributed by atoms with van der Waals surface area (Å²) in [6, 6.07) is 9.71. The summed E-state index contributed by atoms with van der Waals surface area (Å²) in [5.74, 6) is 0. The minimum absolute atomic E-state index is 0.0798. The Morgan fingerprint density at radius 2 is 1.92 bits per heavy atom. The van der Waals surface area contributed by atoms with Crippen molar-refractivity contribution < 1.29 is 0 Å². The molecular formula is C10H9NOS. The Kier molecular flexibility index (Phi) is 2.02. The number of hydrogen-bond donors (Lipinski definition) is 0. The number of rotatable bonds is 1. The van der Waals surface area contributed by atoms with E-state index in [9.17, 15) is 4.79 Å². The zero-order valence-electron chi connectivity index (χ0n) is 7.23. The van der Waals surface area contributed by atoms with E-state index >= 15 is 0 Å². The summed E-state index contributed by atoms with van der Waals surface area (Å²) < 4.78 is 1.63. The van der Waals surface area contributed by atoms with Crippen molar-refractivity contribution >= 4 is 11.5 Å². The van der Waals surface area contributed by atoms with Crippen molar-refractivity contribution in [2.45, 2.75) is 0 Å². The second-order valence-corrected chi connectivity index (χ2v) is 3.80. The Morgan fingerprint density at radius 1 is 1.23 bits per heavy atom. The molecule has 2 nitrogen and oxygen atoms in total. The first-order chi connectivity index (χ1) is 6.29. The van der Waals surface area contributed by atoms with Crippen LogP contribution in [0.5, 0.6) is 0 Å². The van der Waals surface area contributed by atoms with Gasteiger partial charge >= 0.3 is 0 Å². The van der Waals surface area contributed by atoms with Crippen LogP contribution in [0.25, 0.3) is 11.1 Å². The highest BCUT2D eigenvalue weighted by Crippen LogP contribution is 2.16. The standard InChI is InChI=1S/C10H9NOS/c1-11-10(12)9(7-13-11)8-5-3-2-4-6-8/h2-7H,1H3. The predicted molar refractivity (Wildman–Crippen MR) is 55.0 cm³/mol. The van der Waals surface area contributed by atoms with Crippen LogP contribution in [0.3, 0.4) is 0 Å². The van der Waals surface area contributed by atoms with Gasteiger partial charge in [-0.1, -0.05) is 41.9 Å². The quantitative estimate of drug-likeness (QED) is 0.676. The molecule has 0 amide bonds. The van der Waals surface area contributed by atoms with Crippen LogP contribution in [0.4, 0.5) is 0 Å². The maximum atomic E-state index is 11.5. The molecule has 0 bridgehead atoms. The molecule has 0 spiro atoms. The third kappa shape index (κ3) is 1.42. The highest BCUT2D eigenvalue weighted by atomic mass is 32.1. The molecule has 13 heavy (non-hydrogen) atoms. The average molecular weight is 191 g/mol. The van der Waals surface area contributed by atoms with E-state index in [1.807, 2.05) is 35.7 Å². The van der Waals surface area contributed by atoms with Crippen molar-refractivity contribution in [3.05, 3.63) is 46.1 Å². The van der Waals surface area contributed by atoms with E-state index in [1.165, 1.54) is 11.5 Å². The van der Waals surface area contributed by atoms with Crippen LogP contribution in [0, 0.1) is 0 Å². The van der Waals surface area contributed by atoms with Crippen LogP contribution in [0.2, 0.25) is 0 Å². The molecular weight excluding hydrogens is 182 g/mol. The minimum atomic E-state index is 0.0798. The molecule has 3 heteroatoms. The lowest BCUT2D eigenvalue weighted by Gasteiger charge is -1.92. The molecule has 0 aliphatic heterocycles. The summed E-state index contributed by atoms with van der Waals surface area (Å²) in [6.45, 7) is 0. The normalized spacial score (nSPS) is 10.2. The SMILES string of the molecule is Cn1scc(-c2ccccc2)c1=O. The molecule has 2 aromatic rings. The number of aromatic nitrogens is 1. The maximum Gasteiger partial charge on any atom is 0.268 e. The summed E-state index contributed by atoms with van der Waals surface area (Å²) >= 11 is 1.43. The fourth-order valence-corrected chi connectivity index (χ4v) is 1.90. The van der Waals surface area contributed by atoms with E-state index in [0.29, 0.717) is 0 Å². The lowest BCUT2D eigenvalue weighted by molar-refractivity contribution is 0.983. The molecule has 0 radical (unpaired) electrons. The molecule has 0 saturated heterocycles. The Morgan fingerprint density at radius 3 is 2.46 bits per heavy atom. The first-order valence-corrected chi connectivity index (χ1v) is 4.83. The zero-order valence-corrected chi connectivity index (χ0v) is 8.04. The van der Waals surface area contributed by atoms with Crippen LogP contribution in [0.1, 0.15) is 0 Å². The summed E-state index contributed by atoms with van der Waals surface area (Å²) in [5.41, 5.74) is 1.86. The van der Waals surface area contributed by atoms with Crippen LogP contribution in [-0.4, -0.2) is 3.96 Å². The number of hydrogen-bond acceptors (Lipinski definition) is 2. The van der Waals surface area contributed by atoms with E-state index < -0.39 is 0 Å². The lowest BCUT2D eigenvalue weighted by Crippen LogP contribution is -2.09. The minimum Gasteiger partial charge on any atom is -0.268 e. The second-order valence-electron chi connectivity index (χ2n) is 2.81. The van der Waals surface area contributed by atoms with Crippen molar-refractivity contribution in [3.8, 4) is 11.1 Å². The predicted octanol–water partition coefficient (Wildman–Crippen LogP) is 2.11. The van der Waals surface area contributed by atoms with Crippen molar-refractivity contribution in [3.63, 3.8) is 0 Å². The van der Waals surface area contributed by atoms with E-state index in [4.69, 9.17) is 0 Å². The van der Waals surface area contributed by atoms with Gasteiger partial charge in [0.2, 0.25) is 0 Å². The highest BCUT2D eigenvalue weighted by Gasteiger charge is 2.04. The van der Waals surface area contributed by atoms with Gasteiger partial charge in [-0.25, -0.2) is 0 Å². The van der Waals surface area contributed by atoms with Crippen molar-refractivity contribution in [2.75, 3.05) is 0 Å². The fraction of sp³-hybridized carbons (Fsp3) is 0.100. The molecule has 0 aliphatic carbocycles. The molecule has 1 aromatic carbocycles. The van der Waals surface area contributed by atoms with Gasteiger partial charge in [-0.15, -0.1) is 0 Å². The Balaban J connectivity index is 2.60. The Hall–Kier alpha value is -1.35. The van der Waals surface area contributed by atoms with Gasteiger partial charge in [-0.3, -0.25) is 8.75 Å². The maximum absolute atomic E-state index is 11.5. The number of nitrogens with zero attached hydrogens (tertiary/aromatic N) is 1. The van der Waals surface area contributed by atoms with Gasteiger partial charge in [0.05, 0.1) is 5.56 Å². The number of benzene rings is 1. The van der Waals surface area contributed by atoms with Crippen LogP contribution in [-0.2, 0) is 7.05 Å². The fourth-order valence-electron chi connectivity index (χ4n) is 1.21. The largest absolute Gasteiger partial charge is 0.268 e. The second kappa shape index (κ2) is 3.18. The van der Waals surface area contributed by atoms with Crippen LogP contribution < -0.4 is 5.56 Å². The Bertz CT molecular complexity index is 455. The molecule has 66 valence electrons. The molecule has 2 rings (SSSR count). The Labute approximate surface area is 80.2 Å². The van der Waals surface area contributed by atoms with Gasteiger partial charge in [-0.2, -0.15) is 0 Å². The van der Waals surface area contributed by atoms with E-state index in [2.05, 4.69) is 0 Å². The molecule has 0 unspecified atom stereocenters. The van der Waals surface area contributed by atoms with Gasteiger partial charge < -0.3 is 0 Å². The first-order valence-electron chi connectivity index (χ1n) is 3.99. The summed E-state index contributed by atoms with van der Waals surface area (Å²) in [5, 5.41) is 1.89. The van der Waals surface area contributed by atoms with Crippen molar-refractivity contribution in [2.24, 2.45) is 7.05 Å². The third-order valence-electron chi connectivity index (χ3n) is 1.93. The van der Waals surface area contributed by atoms with Crippen molar-refractivity contribution in [1.82, 2.24) is 3.96 Å². The number of aryl methyl sites for hydroxylation is 1. The monoisotopic (exact) mass is 191 g/mol. The van der Waals surface area contributed by atoms with E-state index in [0.717, 1.165) is 11.1 Å². The zero-order chi connectivity index (χ0) is 9.26. The van der Waals surface area contributed by atoms with Crippen LogP contribution in [0.15, 0.2) is 40.5 Å². The highest BCUT2D eigenvalue weighted by molar-refractivity contribution is 7.04.